The number of rotatable bonds is 6. The summed E-state index contributed by atoms with van der Waals surface area (Å²) in [4.78, 5) is 10.8. The number of nitrogens with one attached hydrogen (secondary N) is 1. The standard InChI is InChI=1S/C6H16N2O4Si/c1-10-13(11-2,12-3)5-4-6(9)8-7/h4-5,7H2,1-3H3,(H,8,9). The van der Waals surface area contributed by atoms with Crippen LogP contribution in [0.25, 0.3) is 0 Å². The molecule has 0 bridgehead atoms. The van der Waals surface area contributed by atoms with E-state index in [4.69, 9.17) is 19.1 Å². The molecule has 0 saturated carbocycles. The fraction of sp³-hybridized carbons (Fsp3) is 0.833. The smallest absolute Gasteiger partial charge is 0.377 e. The summed E-state index contributed by atoms with van der Waals surface area (Å²) in [6.45, 7) is 0. The van der Waals surface area contributed by atoms with Crippen molar-refractivity contribution in [2.45, 2.75) is 12.5 Å². The number of hydrogen-bond acceptors (Lipinski definition) is 5. The number of carbonyl (C=O) groups is 1. The molecule has 0 radical (unpaired) electrons. The van der Waals surface area contributed by atoms with Gasteiger partial charge in [-0.2, -0.15) is 0 Å². The van der Waals surface area contributed by atoms with Crippen LogP contribution in [0, 0.1) is 0 Å². The summed E-state index contributed by atoms with van der Waals surface area (Å²) < 4.78 is 15.3. The van der Waals surface area contributed by atoms with Gasteiger partial charge in [0, 0.05) is 33.8 Å². The van der Waals surface area contributed by atoms with Crippen molar-refractivity contribution in [3.05, 3.63) is 0 Å². The zero-order valence-electron chi connectivity index (χ0n) is 8.12. The fourth-order valence-electron chi connectivity index (χ4n) is 0.895. The molecule has 3 N–H and O–H groups in total. The molecule has 0 saturated heterocycles. The summed E-state index contributed by atoms with van der Waals surface area (Å²) >= 11 is 0. The lowest BCUT2D eigenvalue weighted by molar-refractivity contribution is -0.121. The molecule has 0 aliphatic carbocycles. The third-order valence-corrected chi connectivity index (χ3v) is 4.48. The van der Waals surface area contributed by atoms with Crippen LogP contribution in [0.5, 0.6) is 0 Å². The fourth-order valence-corrected chi connectivity index (χ4v) is 2.54. The highest BCUT2D eigenvalue weighted by atomic mass is 28.4. The molecular formula is C6H16N2O4Si. The molecule has 0 spiro atoms. The SMILES string of the molecule is CO[Si](CCC(=O)NN)(OC)OC. The van der Waals surface area contributed by atoms with E-state index < -0.39 is 8.80 Å². The lowest BCUT2D eigenvalue weighted by Gasteiger charge is -2.23. The molecule has 78 valence electrons. The first kappa shape index (κ1) is 12.5. The van der Waals surface area contributed by atoms with E-state index in [9.17, 15) is 4.79 Å². The number of amides is 1. The van der Waals surface area contributed by atoms with Gasteiger partial charge >= 0.3 is 8.80 Å². The Hall–Kier alpha value is -0.473. The molecule has 0 aromatic rings. The highest BCUT2D eigenvalue weighted by Crippen LogP contribution is 2.14. The molecule has 0 unspecified atom stereocenters. The van der Waals surface area contributed by atoms with Crippen LogP contribution in [-0.2, 0) is 18.1 Å². The van der Waals surface area contributed by atoms with Crippen LogP contribution in [-0.4, -0.2) is 36.0 Å². The second-order valence-electron chi connectivity index (χ2n) is 2.36. The van der Waals surface area contributed by atoms with Gasteiger partial charge < -0.3 is 13.3 Å². The van der Waals surface area contributed by atoms with Gasteiger partial charge in [-0.05, 0) is 0 Å². The summed E-state index contributed by atoms with van der Waals surface area (Å²) in [7, 11) is 1.89. The van der Waals surface area contributed by atoms with Crippen molar-refractivity contribution >= 4 is 14.7 Å². The molecule has 0 heterocycles. The average Bonchev–Trinajstić information content (AvgIpc) is 2.20. The molecule has 6 nitrogen and oxygen atoms in total. The molecular weight excluding hydrogens is 192 g/mol. The van der Waals surface area contributed by atoms with Crippen LogP contribution < -0.4 is 11.3 Å². The summed E-state index contributed by atoms with van der Waals surface area (Å²) in [5.41, 5.74) is 2.03. The van der Waals surface area contributed by atoms with Gasteiger partial charge in [-0.1, -0.05) is 0 Å². The highest BCUT2D eigenvalue weighted by molar-refractivity contribution is 6.60. The summed E-state index contributed by atoms with van der Waals surface area (Å²) in [5.74, 6) is 4.66. The average molecular weight is 208 g/mol. The minimum Gasteiger partial charge on any atom is -0.377 e. The van der Waals surface area contributed by atoms with E-state index in [-0.39, 0.29) is 12.3 Å². The zero-order valence-corrected chi connectivity index (χ0v) is 9.12. The van der Waals surface area contributed by atoms with Crippen LogP contribution in [0.2, 0.25) is 6.04 Å². The Kier molecular flexibility index (Phi) is 5.83. The first-order chi connectivity index (χ1) is 6.14. The van der Waals surface area contributed by atoms with Crippen molar-refractivity contribution in [2.75, 3.05) is 21.3 Å². The Labute approximate surface area is 78.7 Å². The van der Waals surface area contributed by atoms with E-state index in [1.807, 2.05) is 5.43 Å². The lowest BCUT2D eigenvalue weighted by Crippen LogP contribution is -2.44. The van der Waals surface area contributed by atoms with Crippen LogP contribution in [0.3, 0.4) is 0 Å². The van der Waals surface area contributed by atoms with E-state index in [2.05, 4.69) is 0 Å². The second-order valence-corrected chi connectivity index (χ2v) is 5.45. The Morgan fingerprint density at radius 2 is 1.77 bits per heavy atom. The normalized spacial score (nSPS) is 11.4. The maximum atomic E-state index is 10.8. The number of hydrogen-bond donors (Lipinski definition) is 2. The molecule has 0 rings (SSSR count). The van der Waals surface area contributed by atoms with E-state index in [1.165, 1.54) is 21.3 Å². The first-order valence-corrected chi connectivity index (χ1v) is 5.72. The minimum atomic E-state index is -2.61. The van der Waals surface area contributed by atoms with Crippen LogP contribution in [0.4, 0.5) is 0 Å². The number of carbonyl (C=O) groups excluding carboxylic acids is 1. The zero-order chi connectivity index (χ0) is 10.3. The molecule has 0 aromatic carbocycles. The summed E-state index contributed by atoms with van der Waals surface area (Å²) in [6, 6.07) is 0.416. The van der Waals surface area contributed by atoms with Gasteiger partial charge in [0.2, 0.25) is 5.91 Å². The van der Waals surface area contributed by atoms with E-state index >= 15 is 0 Å². The van der Waals surface area contributed by atoms with Crippen molar-refractivity contribution in [1.29, 1.82) is 0 Å². The molecule has 0 aliphatic heterocycles. The van der Waals surface area contributed by atoms with Gasteiger partial charge in [-0.25, -0.2) is 5.84 Å². The van der Waals surface area contributed by atoms with Gasteiger partial charge in [0.15, 0.2) is 0 Å². The maximum Gasteiger partial charge on any atom is 0.500 e. The quantitative estimate of drug-likeness (QED) is 0.259. The maximum absolute atomic E-state index is 10.8. The van der Waals surface area contributed by atoms with Crippen LogP contribution >= 0.6 is 0 Å². The van der Waals surface area contributed by atoms with E-state index in [1.54, 1.807) is 0 Å². The van der Waals surface area contributed by atoms with Crippen LogP contribution in [0.1, 0.15) is 6.42 Å². The van der Waals surface area contributed by atoms with Gasteiger partial charge in [0.25, 0.3) is 0 Å². The largest absolute Gasteiger partial charge is 0.500 e. The van der Waals surface area contributed by atoms with E-state index in [0.29, 0.717) is 6.04 Å². The monoisotopic (exact) mass is 208 g/mol. The van der Waals surface area contributed by atoms with Crippen molar-refractivity contribution in [3.8, 4) is 0 Å². The third kappa shape index (κ3) is 3.83. The molecule has 0 aliphatic rings. The first-order valence-electron chi connectivity index (χ1n) is 3.79. The topological polar surface area (TPSA) is 82.8 Å². The molecule has 1 amide bonds. The minimum absolute atomic E-state index is 0.234. The predicted molar refractivity (Wildman–Crippen MR) is 48.5 cm³/mol. The number of hydrazine groups is 1. The van der Waals surface area contributed by atoms with Gasteiger partial charge in [0.05, 0.1) is 0 Å². The van der Waals surface area contributed by atoms with Crippen molar-refractivity contribution in [1.82, 2.24) is 5.43 Å². The Morgan fingerprint density at radius 1 is 1.31 bits per heavy atom. The molecule has 0 aromatic heterocycles. The predicted octanol–water partition coefficient (Wildman–Crippen LogP) is -0.755. The molecule has 13 heavy (non-hydrogen) atoms. The highest BCUT2D eigenvalue weighted by Gasteiger charge is 2.37. The van der Waals surface area contributed by atoms with Crippen molar-refractivity contribution < 1.29 is 18.1 Å². The second kappa shape index (κ2) is 6.05. The van der Waals surface area contributed by atoms with Crippen LogP contribution in [0.15, 0.2) is 0 Å². The van der Waals surface area contributed by atoms with E-state index in [0.717, 1.165) is 0 Å². The Morgan fingerprint density at radius 3 is 2.08 bits per heavy atom. The lowest BCUT2D eigenvalue weighted by atomic mass is 10.5. The van der Waals surface area contributed by atoms with Gasteiger partial charge in [0.1, 0.15) is 0 Å². The molecule has 0 atom stereocenters. The summed E-state index contributed by atoms with van der Waals surface area (Å²) in [5, 5.41) is 0. The van der Waals surface area contributed by atoms with Crippen molar-refractivity contribution in [3.63, 3.8) is 0 Å². The van der Waals surface area contributed by atoms with Gasteiger partial charge in [-0.15, -0.1) is 0 Å². The van der Waals surface area contributed by atoms with Gasteiger partial charge in [-0.3, -0.25) is 10.2 Å². The van der Waals surface area contributed by atoms with Crippen molar-refractivity contribution in [2.24, 2.45) is 5.84 Å². The molecule has 7 heteroatoms. The summed E-state index contributed by atoms with van der Waals surface area (Å²) in [6.07, 6.45) is 0.234. The number of nitrogens with two attached hydrogens (primary N) is 1. The molecule has 0 fully saturated rings. The Balaban J connectivity index is 4.02. The third-order valence-electron chi connectivity index (χ3n) is 1.75. The Bertz CT molecular complexity index is 154.